The third kappa shape index (κ3) is 2.15. The molecule has 1 aliphatic carbocycles. The van der Waals surface area contributed by atoms with Crippen molar-refractivity contribution in [3.63, 3.8) is 0 Å². The van der Waals surface area contributed by atoms with Gasteiger partial charge in [-0.15, -0.1) is 0 Å². The Morgan fingerprint density at radius 2 is 2.24 bits per heavy atom. The van der Waals surface area contributed by atoms with Crippen LogP contribution in [0.5, 0.6) is 0 Å². The van der Waals surface area contributed by atoms with Gasteiger partial charge in [-0.2, -0.15) is 0 Å². The standard InChI is InChI=1S/C13H18N2O2/c1-9-6-11(4-5-14-9)15(10-2-3-10)12-7-17-8-13(12)16/h4-6,10,12-13,16H,2-3,7-8H2,1H3. The lowest BCUT2D eigenvalue weighted by atomic mass is 10.1. The molecule has 92 valence electrons. The van der Waals surface area contributed by atoms with Crippen molar-refractivity contribution in [1.29, 1.82) is 0 Å². The van der Waals surface area contributed by atoms with Crippen molar-refractivity contribution in [2.75, 3.05) is 18.1 Å². The highest BCUT2D eigenvalue weighted by molar-refractivity contribution is 5.50. The second-order valence-electron chi connectivity index (χ2n) is 4.97. The molecule has 1 aromatic heterocycles. The lowest BCUT2D eigenvalue weighted by Crippen LogP contribution is -2.44. The van der Waals surface area contributed by atoms with Crippen molar-refractivity contribution in [1.82, 2.24) is 4.98 Å². The number of ether oxygens (including phenoxy) is 1. The Morgan fingerprint density at radius 1 is 1.41 bits per heavy atom. The SMILES string of the molecule is Cc1cc(N(C2CC2)C2COCC2O)ccn1. The highest BCUT2D eigenvalue weighted by atomic mass is 16.5. The minimum absolute atomic E-state index is 0.101. The van der Waals surface area contributed by atoms with Gasteiger partial charge in [-0.3, -0.25) is 4.98 Å². The lowest BCUT2D eigenvalue weighted by Gasteiger charge is -2.32. The second kappa shape index (κ2) is 4.27. The number of aryl methyl sites for hydroxylation is 1. The molecule has 3 rings (SSSR count). The van der Waals surface area contributed by atoms with Gasteiger partial charge in [0.1, 0.15) is 0 Å². The lowest BCUT2D eigenvalue weighted by molar-refractivity contribution is 0.124. The average molecular weight is 234 g/mol. The monoisotopic (exact) mass is 234 g/mol. The predicted octanol–water partition coefficient (Wildman–Crippen LogP) is 1.12. The van der Waals surface area contributed by atoms with Crippen LogP contribution >= 0.6 is 0 Å². The topological polar surface area (TPSA) is 45.6 Å². The van der Waals surface area contributed by atoms with Crippen LogP contribution in [0.15, 0.2) is 18.3 Å². The van der Waals surface area contributed by atoms with Gasteiger partial charge in [-0.05, 0) is 31.9 Å². The van der Waals surface area contributed by atoms with Crippen LogP contribution in [-0.2, 0) is 4.74 Å². The highest BCUT2D eigenvalue weighted by Gasteiger charge is 2.40. The molecule has 0 radical (unpaired) electrons. The fraction of sp³-hybridized carbons (Fsp3) is 0.615. The van der Waals surface area contributed by atoms with Crippen molar-refractivity contribution in [3.05, 3.63) is 24.0 Å². The normalized spacial score (nSPS) is 28.4. The number of aliphatic hydroxyl groups is 1. The van der Waals surface area contributed by atoms with E-state index in [0.717, 1.165) is 11.4 Å². The van der Waals surface area contributed by atoms with E-state index in [9.17, 15) is 5.11 Å². The number of hydrogen-bond donors (Lipinski definition) is 1. The van der Waals surface area contributed by atoms with E-state index < -0.39 is 0 Å². The summed E-state index contributed by atoms with van der Waals surface area (Å²) >= 11 is 0. The first-order valence-corrected chi connectivity index (χ1v) is 6.22. The molecule has 1 aromatic rings. The van der Waals surface area contributed by atoms with E-state index >= 15 is 0 Å². The van der Waals surface area contributed by atoms with Crippen molar-refractivity contribution in [2.45, 2.75) is 38.0 Å². The Labute approximate surface area is 101 Å². The van der Waals surface area contributed by atoms with Gasteiger partial charge in [0.15, 0.2) is 0 Å². The second-order valence-corrected chi connectivity index (χ2v) is 4.97. The third-order valence-electron chi connectivity index (χ3n) is 3.50. The summed E-state index contributed by atoms with van der Waals surface area (Å²) in [6.45, 7) is 3.08. The first-order chi connectivity index (χ1) is 8.25. The van der Waals surface area contributed by atoms with Crippen molar-refractivity contribution in [2.24, 2.45) is 0 Å². The quantitative estimate of drug-likeness (QED) is 0.851. The van der Waals surface area contributed by atoms with Crippen LogP contribution < -0.4 is 4.90 Å². The summed E-state index contributed by atoms with van der Waals surface area (Å²) < 4.78 is 5.37. The maximum atomic E-state index is 9.98. The molecule has 2 heterocycles. The van der Waals surface area contributed by atoms with Gasteiger partial charge < -0.3 is 14.7 Å². The summed E-state index contributed by atoms with van der Waals surface area (Å²) in [5.74, 6) is 0. The summed E-state index contributed by atoms with van der Waals surface area (Å²) in [5.41, 5.74) is 2.18. The molecule has 1 N–H and O–H groups in total. The minimum Gasteiger partial charge on any atom is -0.388 e. The van der Waals surface area contributed by atoms with Gasteiger partial charge >= 0.3 is 0 Å². The number of aromatic nitrogens is 1. The summed E-state index contributed by atoms with van der Waals surface area (Å²) in [5, 5.41) is 9.98. The fourth-order valence-corrected chi connectivity index (χ4v) is 2.51. The van der Waals surface area contributed by atoms with Gasteiger partial charge in [-0.25, -0.2) is 0 Å². The van der Waals surface area contributed by atoms with Gasteiger partial charge in [-0.1, -0.05) is 0 Å². The smallest absolute Gasteiger partial charge is 0.0998 e. The number of anilines is 1. The largest absolute Gasteiger partial charge is 0.388 e. The van der Waals surface area contributed by atoms with Gasteiger partial charge in [0.2, 0.25) is 0 Å². The van der Waals surface area contributed by atoms with E-state index in [1.807, 2.05) is 19.2 Å². The van der Waals surface area contributed by atoms with Crippen LogP contribution in [0.1, 0.15) is 18.5 Å². The molecule has 2 atom stereocenters. The average Bonchev–Trinajstić information content (AvgIpc) is 3.04. The van der Waals surface area contributed by atoms with E-state index in [0.29, 0.717) is 19.3 Å². The maximum Gasteiger partial charge on any atom is 0.0998 e. The number of pyridine rings is 1. The van der Waals surface area contributed by atoms with Crippen LogP contribution in [0, 0.1) is 6.92 Å². The molecule has 0 aromatic carbocycles. The van der Waals surface area contributed by atoms with Crippen molar-refractivity contribution >= 4 is 5.69 Å². The Hall–Kier alpha value is -1.13. The highest BCUT2D eigenvalue weighted by Crippen LogP contribution is 2.35. The Bertz CT molecular complexity index is 406. The molecule has 2 unspecified atom stereocenters. The zero-order valence-corrected chi connectivity index (χ0v) is 10.0. The number of rotatable bonds is 3. The molecule has 17 heavy (non-hydrogen) atoms. The van der Waals surface area contributed by atoms with Crippen molar-refractivity contribution in [3.8, 4) is 0 Å². The van der Waals surface area contributed by atoms with Crippen LogP contribution in [-0.4, -0.2) is 41.5 Å². The number of aliphatic hydroxyl groups excluding tert-OH is 1. The van der Waals surface area contributed by atoms with Gasteiger partial charge in [0, 0.05) is 23.6 Å². The number of hydrogen-bond acceptors (Lipinski definition) is 4. The molecule has 1 saturated heterocycles. The molecular formula is C13H18N2O2. The predicted molar refractivity (Wildman–Crippen MR) is 65.1 cm³/mol. The van der Waals surface area contributed by atoms with Crippen molar-refractivity contribution < 1.29 is 9.84 Å². The maximum absolute atomic E-state index is 9.98. The van der Waals surface area contributed by atoms with E-state index in [-0.39, 0.29) is 12.1 Å². The first kappa shape index (κ1) is 11.0. The Balaban J connectivity index is 1.89. The van der Waals surface area contributed by atoms with Crippen LogP contribution in [0.2, 0.25) is 0 Å². The van der Waals surface area contributed by atoms with E-state index in [1.54, 1.807) is 0 Å². The zero-order chi connectivity index (χ0) is 11.8. The first-order valence-electron chi connectivity index (χ1n) is 6.22. The number of nitrogens with zero attached hydrogens (tertiary/aromatic N) is 2. The van der Waals surface area contributed by atoms with Crippen LogP contribution in [0.3, 0.4) is 0 Å². The summed E-state index contributed by atoms with van der Waals surface area (Å²) in [6, 6.07) is 4.78. The summed E-state index contributed by atoms with van der Waals surface area (Å²) in [4.78, 5) is 6.55. The van der Waals surface area contributed by atoms with Gasteiger partial charge in [0.05, 0.1) is 25.4 Å². The van der Waals surface area contributed by atoms with Gasteiger partial charge in [0.25, 0.3) is 0 Å². The Morgan fingerprint density at radius 3 is 2.82 bits per heavy atom. The molecule has 2 fully saturated rings. The molecule has 0 bridgehead atoms. The fourth-order valence-electron chi connectivity index (χ4n) is 2.51. The molecule has 1 aliphatic heterocycles. The molecule has 0 amide bonds. The van der Waals surface area contributed by atoms with Crippen LogP contribution in [0.4, 0.5) is 5.69 Å². The summed E-state index contributed by atoms with van der Waals surface area (Å²) in [6.07, 6.45) is 3.89. The van der Waals surface area contributed by atoms with E-state index in [2.05, 4.69) is 16.0 Å². The molecule has 2 aliphatic rings. The molecular weight excluding hydrogens is 216 g/mol. The third-order valence-corrected chi connectivity index (χ3v) is 3.50. The Kier molecular flexibility index (Phi) is 2.76. The molecule has 4 nitrogen and oxygen atoms in total. The van der Waals surface area contributed by atoms with Crippen LogP contribution in [0.25, 0.3) is 0 Å². The molecule has 1 saturated carbocycles. The minimum atomic E-state index is -0.371. The molecule has 4 heteroatoms. The van der Waals surface area contributed by atoms with E-state index in [4.69, 9.17) is 4.74 Å². The zero-order valence-electron chi connectivity index (χ0n) is 10.0. The molecule has 0 spiro atoms. The van der Waals surface area contributed by atoms with E-state index in [1.165, 1.54) is 12.8 Å². The summed E-state index contributed by atoms with van der Waals surface area (Å²) in [7, 11) is 0.